The van der Waals surface area contributed by atoms with Crippen LogP contribution >= 0.6 is 0 Å². The Hall–Kier alpha value is -2.08. The van der Waals surface area contributed by atoms with Gasteiger partial charge in [-0.2, -0.15) is 0 Å². The second-order valence-electron chi connectivity index (χ2n) is 5.90. The van der Waals surface area contributed by atoms with Crippen molar-refractivity contribution in [3.8, 4) is 11.5 Å². The summed E-state index contributed by atoms with van der Waals surface area (Å²) in [6.45, 7) is 2.80. The predicted octanol–water partition coefficient (Wildman–Crippen LogP) is 2.45. The molecule has 0 aliphatic carbocycles. The van der Waals surface area contributed by atoms with Gasteiger partial charge in [0.1, 0.15) is 12.7 Å². The summed E-state index contributed by atoms with van der Waals surface area (Å²) >= 11 is 0. The molecule has 0 aliphatic rings. The summed E-state index contributed by atoms with van der Waals surface area (Å²) in [5.74, 6) is 0.521. The molecule has 2 atom stereocenters. The normalized spacial score (nSPS) is 13.7. The molecular formula is C19H24NO4. The van der Waals surface area contributed by atoms with Crippen molar-refractivity contribution in [1.29, 1.82) is 0 Å². The van der Waals surface area contributed by atoms with Gasteiger partial charge in [-0.25, -0.2) is 5.11 Å². The average Bonchev–Trinajstić information content (AvgIpc) is 2.57. The Morgan fingerprint density at radius 3 is 2.38 bits per heavy atom. The zero-order valence-electron chi connectivity index (χ0n) is 13.8. The van der Waals surface area contributed by atoms with Gasteiger partial charge in [0.2, 0.25) is 0 Å². The molecule has 2 rings (SSSR count). The zero-order valence-corrected chi connectivity index (χ0v) is 13.8. The standard InChI is InChI=1S/C19H24NO4/c1-15(24-19-10-6-5-9-18(19)23)11-20(13-17(22)14-21)12-16-7-3-2-4-8-16/h2-10,15,17,22-23H,11-14H2,1H3. The van der Waals surface area contributed by atoms with Gasteiger partial charge in [0, 0.05) is 19.6 Å². The van der Waals surface area contributed by atoms with E-state index < -0.39 is 12.7 Å². The Balaban J connectivity index is 1.99. The van der Waals surface area contributed by atoms with Gasteiger partial charge in [-0.3, -0.25) is 4.90 Å². The van der Waals surface area contributed by atoms with E-state index in [1.807, 2.05) is 42.2 Å². The summed E-state index contributed by atoms with van der Waals surface area (Å²) in [6, 6.07) is 16.7. The Labute approximate surface area is 142 Å². The first-order valence-corrected chi connectivity index (χ1v) is 8.05. The topological polar surface area (TPSA) is 72.8 Å². The molecule has 0 amide bonds. The van der Waals surface area contributed by atoms with Crippen LogP contribution in [0.3, 0.4) is 0 Å². The van der Waals surface area contributed by atoms with Gasteiger partial charge in [0.15, 0.2) is 11.5 Å². The van der Waals surface area contributed by atoms with Crippen molar-refractivity contribution in [2.75, 3.05) is 19.7 Å². The Kier molecular flexibility index (Phi) is 7.06. The number of nitrogens with zero attached hydrogens (tertiary/aromatic N) is 1. The number of phenolic OH excluding ortho intramolecular Hbond substituents is 1. The lowest BCUT2D eigenvalue weighted by atomic mass is 10.2. The maximum Gasteiger partial charge on any atom is 0.161 e. The summed E-state index contributed by atoms with van der Waals surface area (Å²) in [7, 11) is 0. The number of aliphatic hydroxyl groups excluding tert-OH is 1. The number of hydrogen-bond donors (Lipinski definition) is 2. The van der Waals surface area contributed by atoms with E-state index >= 15 is 0 Å². The number of ether oxygens (including phenoxy) is 1. The molecule has 1 radical (unpaired) electrons. The minimum Gasteiger partial charge on any atom is -0.504 e. The molecule has 0 spiro atoms. The maximum absolute atomic E-state index is 10.9. The fourth-order valence-electron chi connectivity index (χ4n) is 2.57. The van der Waals surface area contributed by atoms with Crippen LogP contribution in [0.5, 0.6) is 11.5 Å². The van der Waals surface area contributed by atoms with E-state index in [2.05, 4.69) is 0 Å². The van der Waals surface area contributed by atoms with Crippen LogP contribution in [0, 0.1) is 0 Å². The van der Waals surface area contributed by atoms with Crippen molar-refractivity contribution in [3.63, 3.8) is 0 Å². The van der Waals surface area contributed by atoms with Gasteiger partial charge < -0.3 is 14.9 Å². The number of hydrogen-bond acceptors (Lipinski definition) is 4. The van der Waals surface area contributed by atoms with E-state index in [1.54, 1.807) is 24.3 Å². The highest BCUT2D eigenvalue weighted by atomic mass is 16.5. The van der Waals surface area contributed by atoms with E-state index in [9.17, 15) is 15.3 Å². The summed E-state index contributed by atoms with van der Waals surface area (Å²) in [4.78, 5) is 1.99. The fraction of sp³-hybridized carbons (Fsp3) is 0.368. The fourth-order valence-corrected chi connectivity index (χ4v) is 2.57. The van der Waals surface area contributed by atoms with Crippen LogP contribution in [0.4, 0.5) is 0 Å². The molecule has 0 heterocycles. The van der Waals surface area contributed by atoms with Gasteiger partial charge in [0.25, 0.3) is 0 Å². The lowest BCUT2D eigenvalue weighted by Crippen LogP contribution is -2.39. The lowest BCUT2D eigenvalue weighted by Gasteiger charge is -2.27. The van der Waals surface area contributed by atoms with Crippen molar-refractivity contribution in [2.45, 2.75) is 25.7 Å². The van der Waals surface area contributed by atoms with Crippen LogP contribution in [0.25, 0.3) is 0 Å². The molecule has 0 saturated heterocycles. The largest absolute Gasteiger partial charge is 0.504 e. The SMILES string of the molecule is CC(CN(Cc1ccccc1)CC(O)C[O])Oc1ccccc1O. The molecule has 0 saturated carbocycles. The number of aliphatic hydroxyl groups is 1. The Bertz CT molecular complexity index is 605. The van der Waals surface area contributed by atoms with E-state index in [4.69, 9.17) is 4.74 Å². The number of phenols is 1. The van der Waals surface area contributed by atoms with Crippen LogP contribution in [0.15, 0.2) is 54.6 Å². The number of para-hydroxylation sites is 2. The molecule has 0 aromatic heterocycles. The van der Waals surface area contributed by atoms with E-state index in [0.29, 0.717) is 18.8 Å². The van der Waals surface area contributed by atoms with Gasteiger partial charge >= 0.3 is 0 Å². The van der Waals surface area contributed by atoms with Crippen LogP contribution in [0.2, 0.25) is 0 Å². The van der Waals surface area contributed by atoms with Gasteiger partial charge in [-0.15, -0.1) is 0 Å². The van der Waals surface area contributed by atoms with Crippen LogP contribution in [-0.4, -0.2) is 47.0 Å². The Morgan fingerprint density at radius 2 is 1.71 bits per heavy atom. The first-order valence-electron chi connectivity index (χ1n) is 8.05. The van der Waals surface area contributed by atoms with Crippen molar-refractivity contribution in [1.82, 2.24) is 4.90 Å². The molecule has 0 aliphatic heterocycles. The molecule has 129 valence electrons. The highest BCUT2D eigenvalue weighted by molar-refractivity contribution is 5.38. The third-order valence-corrected chi connectivity index (χ3v) is 3.62. The quantitative estimate of drug-likeness (QED) is 0.741. The van der Waals surface area contributed by atoms with Crippen LogP contribution in [0.1, 0.15) is 12.5 Å². The molecule has 0 fully saturated rings. The molecule has 2 N–H and O–H groups in total. The second kappa shape index (κ2) is 9.27. The summed E-state index contributed by atoms with van der Waals surface area (Å²) in [6.07, 6.45) is -1.12. The van der Waals surface area contributed by atoms with Crippen molar-refractivity contribution >= 4 is 0 Å². The van der Waals surface area contributed by atoms with Crippen molar-refractivity contribution < 1.29 is 20.1 Å². The second-order valence-corrected chi connectivity index (χ2v) is 5.90. The van der Waals surface area contributed by atoms with Gasteiger partial charge in [-0.05, 0) is 24.6 Å². The molecule has 2 aromatic rings. The number of aromatic hydroxyl groups is 1. The summed E-state index contributed by atoms with van der Waals surface area (Å²) < 4.78 is 5.78. The van der Waals surface area contributed by atoms with Crippen LogP contribution in [-0.2, 0) is 11.7 Å². The highest BCUT2D eigenvalue weighted by Gasteiger charge is 2.17. The van der Waals surface area contributed by atoms with Crippen molar-refractivity contribution in [2.24, 2.45) is 0 Å². The third kappa shape index (κ3) is 5.85. The number of benzene rings is 2. The van der Waals surface area contributed by atoms with Gasteiger partial charge in [-0.1, -0.05) is 42.5 Å². The summed E-state index contributed by atoms with van der Waals surface area (Å²) in [5.41, 5.74) is 1.10. The number of rotatable bonds is 9. The van der Waals surface area contributed by atoms with Crippen LogP contribution < -0.4 is 4.74 Å². The molecule has 2 unspecified atom stereocenters. The zero-order chi connectivity index (χ0) is 17.4. The first-order chi connectivity index (χ1) is 11.6. The average molecular weight is 330 g/mol. The minimum absolute atomic E-state index is 0.0959. The first kappa shape index (κ1) is 18.3. The lowest BCUT2D eigenvalue weighted by molar-refractivity contribution is 0.0194. The maximum atomic E-state index is 10.9. The summed E-state index contributed by atoms with van der Waals surface area (Å²) in [5, 5.41) is 30.4. The predicted molar refractivity (Wildman–Crippen MR) is 91.5 cm³/mol. The molecule has 24 heavy (non-hydrogen) atoms. The molecule has 5 heteroatoms. The molecule has 0 bridgehead atoms. The highest BCUT2D eigenvalue weighted by Crippen LogP contribution is 2.25. The third-order valence-electron chi connectivity index (χ3n) is 3.62. The van der Waals surface area contributed by atoms with Gasteiger partial charge in [0.05, 0.1) is 6.10 Å². The Morgan fingerprint density at radius 1 is 1.04 bits per heavy atom. The molecule has 5 nitrogen and oxygen atoms in total. The molecular weight excluding hydrogens is 306 g/mol. The smallest absolute Gasteiger partial charge is 0.161 e. The van der Waals surface area contributed by atoms with Crippen molar-refractivity contribution in [3.05, 3.63) is 60.2 Å². The van der Waals surface area contributed by atoms with E-state index in [1.165, 1.54) is 0 Å². The minimum atomic E-state index is -0.911. The monoisotopic (exact) mass is 330 g/mol. The van der Waals surface area contributed by atoms with E-state index in [0.717, 1.165) is 5.56 Å². The molecule has 2 aromatic carbocycles. The van der Waals surface area contributed by atoms with E-state index in [-0.39, 0.29) is 18.4 Å².